The van der Waals surface area contributed by atoms with E-state index in [1.54, 1.807) is 6.07 Å². The normalized spacial score (nSPS) is 9.77. The predicted molar refractivity (Wildman–Crippen MR) is 52.5 cm³/mol. The summed E-state index contributed by atoms with van der Waals surface area (Å²) in [5.74, 6) is -0.0587. The van der Waals surface area contributed by atoms with E-state index in [4.69, 9.17) is 11.6 Å². The monoisotopic (exact) mass is 196 g/mol. The molecule has 0 saturated heterocycles. The number of benzene rings is 1. The molecule has 0 bridgehead atoms. The first-order chi connectivity index (χ1) is 6.09. The molecule has 0 unspecified atom stereocenters. The number of halogens is 1. The Bertz CT molecular complexity index is 323. The van der Waals surface area contributed by atoms with E-state index in [0.29, 0.717) is 11.6 Å². The first kappa shape index (κ1) is 10.1. The van der Waals surface area contributed by atoms with Crippen LogP contribution in [0.5, 0.6) is 0 Å². The van der Waals surface area contributed by atoms with Crippen molar-refractivity contribution in [2.45, 2.75) is 20.4 Å². The zero-order chi connectivity index (χ0) is 9.84. The van der Waals surface area contributed by atoms with E-state index in [1.165, 1.54) is 6.92 Å². The van der Waals surface area contributed by atoms with Gasteiger partial charge in [0.05, 0.1) is 0 Å². The number of hydrogen-bond acceptors (Lipinski definition) is 1. The predicted octanol–water partition coefficient (Wildman–Crippen LogP) is 2.08. The minimum Gasteiger partial charge on any atom is -0.352 e. The van der Waals surface area contributed by atoms with E-state index < -0.39 is 0 Å². The van der Waals surface area contributed by atoms with Crippen LogP contribution in [0.4, 0.5) is 0 Å². The van der Waals surface area contributed by atoms with Gasteiger partial charge in [0.25, 0.3) is 0 Å². The first-order valence-electron chi connectivity index (χ1n) is 4.00. The molecular formula is C10H11ClNO. The molecule has 0 atom stereocenters. The van der Waals surface area contributed by atoms with Crippen molar-refractivity contribution < 1.29 is 4.79 Å². The summed E-state index contributed by atoms with van der Waals surface area (Å²) in [6.45, 7) is 3.87. The lowest BCUT2D eigenvalue weighted by molar-refractivity contribution is -0.119. The van der Waals surface area contributed by atoms with Gasteiger partial charge in [-0.2, -0.15) is 0 Å². The van der Waals surface area contributed by atoms with Crippen LogP contribution in [0.25, 0.3) is 0 Å². The largest absolute Gasteiger partial charge is 0.352 e. The Morgan fingerprint density at radius 3 is 2.92 bits per heavy atom. The Hall–Kier alpha value is -1.02. The van der Waals surface area contributed by atoms with Crippen molar-refractivity contribution in [2.24, 2.45) is 0 Å². The number of aryl methyl sites for hydroxylation is 1. The fourth-order valence-electron chi connectivity index (χ4n) is 0.950. The maximum absolute atomic E-state index is 10.6. The fourth-order valence-corrected chi connectivity index (χ4v) is 1.23. The lowest BCUT2D eigenvalue weighted by Gasteiger charge is -2.04. The Kier molecular flexibility index (Phi) is 3.32. The van der Waals surface area contributed by atoms with Gasteiger partial charge in [-0.1, -0.05) is 11.6 Å². The molecule has 0 aliphatic heterocycles. The molecule has 0 fully saturated rings. The van der Waals surface area contributed by atoms with Crippen LogP contribution >= 0.6 is 11.6 Å². The van der Waals surface area contributed by atoms with Crippen molar-refractivity contribution >= 4 is 17.5 Å². The van der Waals surface area contributed by atoms with E-state index in [-0.39, 0.29) is 5.91 Å². The molecule has 2 nitrogen and oxygen atoms in total. The smallest absolute Gasteiger partial charge is 0.217 e. The molecule has 1 aromatic rings. The van der Waals surface area contributed by atoms with Crippen molar-refractivity contribution in [1.29, 1.82) is 0 Å². The highest BCUT2D eigenvalue weighted by atomic mass is 35.5. The summed E-state index contributed by atoms with van der Waals surface area (Å²) >= 11 is 5.94. The number of carbonyl (C=O) groups is 1. The third kappa shape index (κ3) is 3.07. The lowest BCUT2D eigenvalue weighted by atomic mass is 10.1. The zero-order valence-corrected chi connectivity index (χ0v) is 8.40. The van der Waals surface area contributed by atoms with Crippen LogP contribution in [0.1, 0.15) is 18.1 Å². The van der Waals surface area contributed by atoms with Crippen molar-refractivity contribution in [3.63, 3.8) is 0 Å². The van der Waals surface area contributed by atoms with Gasteiger partial charge in [-0.05, 0) is 36.2 Å². The number of nitrogens with one attached hydrogen (secondary N) is 1. The number of amides is 1. The molecule has 0 aliphatic rings. The molecule has 3 heteroatoms. The minimum atomic E-state index is -0.0587. The van der Waals surface area contributed by atoms with E-state index >= 15 is 0 Å². The summed E-state index contributed by atoms with van der Waals surface area (Å²) in [5.41, 5.74) is 1.89. The van der Waals surface area contributed by atoms with Crippen molar-refractivity contribution in [1.82, 2.24) is 5.32 Å². The van der Waals surface area contributed by atoms with Crippen LogP contribution in [0.15, 0.2) is 12.1 Å². The second-order valence-corrected chi connectivity index (χ2v) is 3.31. The van der Waals surface area contributed by atoms with Crippen molar-refractivity contribution in [2.75, 3.05) is 0 Å². The molecule has 1 N–H and O–H groups in total. The highest BCUT2D eigenvalue weighted by Gasteiger charge is 2.00. The topological polar surface area (TPSA) is 29.1 Å². The second kappa shape index (κ2) is 4.28. The van der Waals surface area contributed by atoms with Gasteiger partial charge in [-0.3, -0.25) is 4.79 Å². The van der Waals surface area contributed by atoms with E-state index in [9.17, 15) is 4.79 Å². The molecule has 13 heavy (non-hydrogen) atoms. The zero-order valence-electron chi connectivity index (χ0n) is 7.65. The SMILES string of the molecule is CC(=O)NCc1c[c]c(C)cc1Cl. The average Bonchev–Trinajstić information content (AvgIpc) is 2.02. The first-order valence-corrected chi connectivity index (χ1v) is 4.38. The van der Waals surface area contributed by atoms with E-state index in [1.807, 2.05) is 13.0 Å². The van der Waals surface area contributed by atoms with Crippen LogP contribution in [-0.4, -0.2) is 5.91 Å². The van der Waals surface area contributed by atoms with Gasteiger partial charge in [0.15, 0.2) is 0 Å². The summed E-state index contributed by atoms with van der Waals surface area (Å²) in [4.78, 5) is 10.6. The molecule has 0 aliphatic carbocycles. The fraction of sp³-hybridized carbons (Fsp3) is 0.300. The van der Waals surface area contributed by atoms with Crippen LogP contribution in [0, 0.1) is 13.0 Å². The molecule has 0 aromatic heterocycles. The molecule has 0 heterocycles. The summed E-state index contributed by atoms with van der Waals surface area (Å²) < 4.78 is 0. The number of hydrogen-bond donors (Lipinski definition) is 1. The molecular weight excluding hydrogens is 186 g/mol. The Labute approximate surface area is 82.9 Å². The van der Waals surface area contributed by atoms with Gasteiger partial charge < -0.3 is 5.32 Å². The molecule has 0 saturated carbocycles. The Morgan fingerprint density at radius 1 is 1.69 bits per heavy atom. The van der Waals surface area contributed by atoms with E-state index in [2.05, 4.69) is 11.4 Å². The number of carbonyl (C=O) groups excluding carboxylic acids is 1. The standard InChI is InChI=1S/C10H11ClNO/c1-7-3-4-9(10(11)5-7)6-12-8(2)13/h4-5H,6H2,1-2H3,(H,12,13). The summed E-state index contributed by atoms with van der Waals surface area (Å²) in [7, 11) is 0. The Balaban J connectivity index is 2.72. The van der Waals surface area contributed by atoms with Crippen LogP contribution in [-0.2, 0) is 11.3 Å². The van der Waals surface area contributed by atoms with Gasteiger partial charge in [-0.25, -0.2) is 0 Å². The Morgan fingerprint density at radius 2 is 2.38 bits per heavy atom. The van der Waals surface area contributed by atoms with Crippen molar-refractivity contribution in [3.05, 3.63) is 34.3 Å². The maximum atomic E-state index is 10.6. The summed E-state index contributed by atoms with van der Waals surface area (Å²) in [6.07, 6.45) is 0. The second-order valence-electron chi connectivity index (χ2n) is 2.90. The average molecular weight is 197 g/mol. The maximum Gasteiger partial charge on any atom is 0.217 e. The van der Waals surface area contributed by atoms with Crippen LogP contribution in [0.3, 0.4) is 0 Å². The highest BCUT2D eigenvalue weighted by molar-refractivity contribution is 6.31. The van der Waals surface area contributed by atoms with Gasteiger partial charge in [0.1, 0.15) is 0 Å². The van der Waals surface area contributed by atoms with Gasteiger partial charge in [0.2, 0.25) is 5.91 Å². The minimum absolute atomic E-state index is 0.0587. The summed E-state index contributed by atoms with van der Waals surface area (Å²) in [5, 5.41) is 3.35. The third-order valence-electron chi connectivity index (χ3n) is 1.65. The highest BCUT2D eigenvalue weighted by Crippen LogP contribution is 2.16. The molecule has 1 amide bonds. The van der Waals surface area contributed by atoms with Gasteiger partial charge in [-0.15, -0.1) is 0 Å². The lowest BCUT2D eigenvalue weighted by Crippen LogP contribution is -2.19. The van der Waals surface area contributed by atoms with Gasteiger partial charge >= 0.3 is 0 Å². The molecule has 0 spiro atoms. The summed E-state index contributed by atoms with van der Waals surface area (Å²) in [6, 6.07) is 6.66. The van der Waals surface area contributed by atoms with Crippen molar-refractivity contribution in [3.8, 4) is 0 Å². The van der Waals surface area contributed by atoms with Gasteiger partial charge in [0, 0.05) is 18.5 Å². The van der Waals surface area contributed by atoms with Crippen LogP contribution < -0.4 is 5.32 Å². The molecule has 1 radical (unpaired) electrons. The van der Waals surface area contributed by atoms with E-state index in [0.717, 1.165) is 11.1 Å². The number of rotatable bonds is 2. The van der Waals surface area contributed by atoms with Crippen LogP contribution in [0.2, 0.25) is 5.02 Å². The third-order valence-corrected chi connectivity index (χ3v) is 2.00. The quantitative estimate of drug-likeness (QED) is 0.771. The molecule has 69 valence electrons. The molecule has 1 aromatic carbocycles. The molecule has 1 rings (SSSR count).